The fourth-order valence-electron chi connectivity index (χ4n) is 3.75. The highest BCUT2D eigenvalue weighted by atomic mass is 19.1. The van der Waals surface area contributed by atoms with Gasteiger partial charge in [-0.05, 0) is 43.0 Å². The Hall–Kier alpha value is -2.21. The molecule has 1 N–H and O–H groups in total. The van der Waals surface area contributed by atoms with Crippen LogP contribution in [0.3, 0.4) is 0 Å². The van der Waals surface area contributed by atoms with Gasteiger partial charge in [-0.25, -0.2) is 9.37 Å². The van der Waals surface area contributed by atoms with Gasteiger partial charge in [0.2, 0.25) is 11.8 Å². The van der Waals surface area contributed by atoms with E-state index in [-0.39, 0.29) is 18.1 Å². The standard InChI is InChI=1S/C18H20FN3O2/c19-14-5-3-12(4-6-14)18-21-15(11-24-18)8-17(23)22-7-1-2-13-9-20-10-16(13)22/h3-6,11,13,16,20H,1-2,7-10H2/t13-,16+/m0/s1. The second-order valence-corrected chi connectivity index (χ2v) is 6.54. The minimum absolute atomic E-state index is 0.104. The highest BCUT2D eigenvalue weighted by Gasteiger charge is 2.37. The summed E-state index contributed by atoms with van der Waals surface area (Å²) < 4.78 is 18.4. The zero-order valence-corrected chi connectivity index (χ0v) is 13.4. The molecule has 2 aliphatic rings. The van der Waals surface area contributed by atoms with Crippen LogP contribution < -0.4 is 5.32 Å². The summed E-state index contributed by atoms with van der Waals surface area (Å²) in [6.07, 6.45) is 4.02. The first-order valence-corrected chi connectivity index (χ1v) is 8.41. The summed E-state index contributed by atoms with van der Waals surface area (Å²) in [6, 6.07) is 6.28. The highest BCUT2D eigenvalue weighted by molar-refractivity contribution is 5.79. The summed E-state index contributed by atoms with van der Waals surface area (Å²) >= 11 is 0. The summed E-state index contributed by atoms with van der Waals surface area (Å²) in [4.78, 5) is 19.0. The van der Waals surface area contributed by atoms with Gasteiger partial charge in [0.1, 0.15) is 12.1 Å². The summed E-state index contributed by atoms with van der Waals surface area (Å²) in [5, 5.41) is 3.38. The lowest BCUT2D eigenvalue weighted by atomic mass is 9.92. The predicted molar refractivity (Wildman–Crippen MR) is 86.7 cm³/mol. The molecule has 126 valence electrons. The topological polar surface area (TPSA) is 58.4 Å². The SMILES string of the molecule is O=C(Cc1coc(-c2ccc(F)cc2)n1)N1CCC[C@H]2CNC[C@H]21. The summed E-state index contributed by atoms with van der Waals surface area (Å²) in [7, 11) is 0. The number of benzene rings is 1. The molecular weight excluding hydrogens is 309 g/mol. The molecule has 24 heavy (non-hydrogen) atoms. The van der Waals surface area contributed by atoms with Crippen LogP contribution in [0.25, 0.3) is 11.5 Å². The van der Waals surface area contributed by atoms with E-state index in [1.165, 1.54) is 24.8 Å². The summed E-state index contributed by atoms with van der Waals surface area (Å²) in [6.45, 7) is 2.72. The van der Waals surface area contributed by atoms with Crippen molar-refractivity contribution < 1.29 is 13.6 Å². The number of rotatable bonds is 3. The number of amides is 1. The Kier molecular flexibility index (Phi) is 4.06. The monoisotopic (exact) mass is 329 g/mol. The maximum atomic E-state index is 13.0. The van der Waals surface area contributed by atoms with Gasteiger partial charge >= 0.3 is 0 Å². The molecule has 3 heterocycles. The van der Waals surface area contributed by atoms with E-state index >= 15 is 0 Å². The van der Waals surface area contributed by atoms with Crippen molar-refractivity contribution in [3.63, 3.8) is 0 Å². The number of halogens is 1. The third kappa shape index (κ3) is 2.94. The van der Waals surface area contributed by atoms with E-state index in [1.54, 1.807) is 12.1 Å². The van der Waals surface area contributed by atoms with Crippen molar-refractivity contribution in [2.45, 2.75) is 25.3 Å². The maximum absolute atomic E-state index is 13.0. The molecule has 4 rings (SSSR count). The smallest absolute Gasteiger partial charge is 0.229 e. The molecule has 2 fully saturated rings. The number of nitrogens with zero attached hydrogens (tertiary/aromatic N) is 2. The number of carbonyl (C=O) groups excluding carboxylic acids is 1. The molecule has 2 saturated heterocycles. The lowest BCUT2D eigenvalue weighted by Crippen LogP contribution is -2.48. The average Bonchev–Trinajstić information content (AvgIpc) is 3.24. The second-order valence-electron chi connectivity index (χ2n) is 6.54. The molecule has 0 radical (unpaired) electrons. The van der Waals surface area contributed by atoms with Crippen molar-refractivity contribution >= 4 is 5.91 Å². The molecule has 0 aliphatic carbocycles. The number of hydrogen-bond acceptors (Lipinski definition) is 4. The Labute approximate surface area is 139 Å². The Morgan fingerprint density at radius 2 is 2.17 bits per heavy atom. The van der Waals surface area contributed by atoms with E-state index in [0.29, 0.717) is 29.1 Å². The number of aromatic nitrogens is 1. The molecule has 0 saturated carbocycles. The van der Waals surface area contributed by atoms with E-state index in [1.807, 2.05) is 4.90 Å². The predicted octanol–water partition coefficient (Wildman–Crippen LogP) is 2.23. The summed E-state index contributed by atoms with van der Waals surface area (Å²) in [5.74, 6) is 0.796. The van der Waals surface area contributed by atoms with Gasteiger partial charge in [0.25, 0.3) is 0 Å². The fraction of sp³-hybridized carbons (Fsp3) is 0.444. The Bertz CT molecular complexity index is 728. The molecule has 2 atom stereocenters. The number of piperidine rings is 1. The molecule has 0 spiro atoms. The van der Waals surface area contributed by atoms with Crippen molar-refractivity contribution in [1.29, 1.82) is 0 Å². The van der Waals surface area contributed by atoms with E-state index in [4.69, 9.17) is 4.42 Å². The van der Waals surface area contributed by atoms with Crippen molar-refractivity contribution in [2.75, 3.05) is 19.6 Å². The molecule has 0 bridgehead atoms. The van der Waals surface area contributed by atoms with Crippen LogP contribution in [0, 0.1) is 11.7 Å². The van der Waals surface area contributed by atoms with Gasteiger partial charge in [-0.15, -0.1) is 0 Å². The van der Waals surface area contributed by atoms with Gasteiger partial charge in [-0.1, -0.05) is 0 Å². The molecular formula is C18H20FN3O2. The molecule has 1 aromatic heterocycles. The minimum atomic E-state index is -0.300. The third-order valence-electron chi connectivity index (χ3n) is 4.97. The third-order valence-corrected chi connectivity index (χ3v) is 4.97. The molecule has 1 aromatic carbocycles. The molecule has 0 unspecified atom stereocenters. The van der Waals surface area contributed by atoms with Crippen LogP contribution in [0.1, 0.15) is 18.5 Å². The number of likely N-dealkylation sites (tertiary alicyclic amines) is 1. The Morgan fingerprint density at radius 3 is 3.00 bits per heavy atom. The molecule has 2 aromatic rings. The number of hydrogen-bond donors (Lipinski definition) is 1. The Balaban J connectivity index is 1.45. The van der Waals surface area contributed by atoms with Gasteiger partial charge < -0.3 is 14.6 Å². The number of fused-ring (bicyclic) bond motifs is 1. The quantitative estimate of drug-likeness (QED) is 0.938. The average molecular weight is 329 g/mol. The van der Waals surface area contributed by atoms with Gasteiger partial charge in [0.15, 0.2) is 0 Å². The van der Waals surface area contributed by atoms with Crippen LogP contribution in [0.4, 0.5) is 4.39 Å². The first kappa shape index (κ1) is 15.3. The van der Waals surface area contributed by atoms with Crippen LogP contribution in [-0.4, -0.2) is 41.5 Å². The number of carbonyl (C=O) groups is 1. The van der Waals surface area contributed by atoms with E-state index in [2.05, 4.69) is 10.3 Å². The van der Waals surface area contributed by atoms with Crippen LogP contribution in [0.15, 0.2) is 34.9 Å². The lowest BCUT2D eigenvalue weighted by Gasteiger charge is -2.37. The second kappa shape index (κ2) is 6.36. The van der Waals surface area contributed by atoms with Crippen LogP contribution >= 0.6 is 0 Å². The van der Waals surface area contributed by atoms with Crippen LogP contribution in [0.2, 0.25) is 0 Å². The van der Waals surface area contributed by atoms with Gasteiger partial charge in [-0.2, -0.15) is 0 Å². The Morgan fingerprint density at radius 1 is 1.33 bits per heavy atom. The molecule has 1 amide bonds. The van der Waals surface area contributed by atoms with Gasteiger partial charge in [0, 0.05) is 31.2 Å². The van der Waals surface area contributed by atoms with E-state index in [0.717, 1.165) is 26.1 Å². The van der Waals surface area contributed by atoms with Crippen molar-refractivity contribution in [3.05, 3.63) is 42.0 Å². The van der Waals surface area contributed by atoms with Crippen LogP contribution in [0.5, 0.6) is 0 Å². The summed E-state index contributed by atoms with van der Waals surface area (Å²) in [5.41, 5.74) is 1.32. The fourth-order valence-corrected chi connectivity index (χ4v) is 3.75. The largest absolute Gasteiger partial charge is 0.444 e. The number of oxazole rings is 1. The van der Waals surface area contributed by atoms with Crippen molar-refractivity contribution in [2.24, 2.45) is 5.92 Å². The zero-order chi connectivity index (χ0) is 16.5. The van der Waals surface area contributed by atoms with Crippen molar-refractivity contribution in [1.82, 2.24) is 15.2 Å². The minimum Gasteiger partial charge on any atom is -0.444 e. The normalized spacial score (nSPS) is 23.3. The highest BCUT2D eigenvalue weighted by Crippen LogP contribution is 2.27. The van der Waals surface area contributed by atoms with E-state index in [9.17, 15) is 9.18 Å². The first-order valence-electron chi connectivity index (χ1n) is 8.41. The maximum Gasteiger partial charge on any atom is 0.229 e. The van der Waals surface area contributed by atoms with Gasteiger partial charge in [-0.3, -0.25) is 4.79 Å². The zero-order valence-electron chi connectivity index (χ0n) is 13.4. The van der Waals surface area contributed by atoms with Crippen LogP contribution in [-0.2, 0) is 11.2 Å². The first-order chi connectivity index (χ1) is 11.7. The molecule has 2 aliphatic heterocycles. The van der Waals surface area contributed by atoms with Crippen molar-refractivity contribution in [3.8, 4) is 11.5 Å². The van der Waals surface area contributed by atoms with E-state index < -0.39 is 0 Å². The van der Waals surface area contributed by atoms with Gasteiger partial charge in [0.05, 0.1) is 12.1 Å². The number of nitrogens with one attached hydrogen (secondary N) is 1. The molecule has 6 heteroatoms. The lowest BCUT2D eigenvalue weighted by molar-refractivity contribution is -0.134. The molecule has 5 nitrogen and oxygen atoms in total.